The van der Waals surface area contributed by atoms with Crippen molar-refractivity contribution in [3.05, 3.63) is 57.6 Å². The average molecular weight is 350 g/mol. The maximum Gasteiger partial charge on any atom is 0.125 e. The van der Waals surface area contributed by atoms with Gasteiger partial charge in [0, 0.05) is 21.6 Å². The lowest BCUT2D eigenvalue weighted by Gasteiger charge is -2.16. The maximum absolute atomic E-state index is 5.99. The zero-order chi connectivity index (χ0) is 15.4. The molecule has 0 radical (unpaired) electrons. The molecule has 0 heterocycles. The summed E-state index contributed by atoms with van der Waals surface area (Å²) >= 11 is 3.47. The predicted octanol–water partition coefficient (Wildman–Crippen LogP) is 4.36. The molecule has 1 atom stereocenters. The molecule has 0 fully saturated rings. The fourth-order valence-corrected chi connectivity index (χ4v) is 2.53. The highest BCUT2D eigenvalue weighted by Crippen LogP contribution is 2.29. The second-order valence-corrected chi connectivity index (χ2v) is 5.99. The molecule has 112 valence electrons. The third kappa shape index (κ3) is 3.99. The highest BCUT2D eigenvalue weighted by atomic mass is 79.9. The van der Waals surface area contributed by atoms with E-state index in [0.29, 0.717) is 6.61 Å². The molecule has 0 bridgehead atoms. The van der Waals surface area contributed by atoms with E-state index in [2.05, 4.69) is 28.9 Å². The Hall–Kier alpha value is -1.52. The van der Waals surface area contributed by atoms with Crippen molar-refractivity contribution in [3.8, 4) is 11.5 Å². The van der Waals surface area contributed by atoms with Crippen LogP contribution in [0.15, 0.2) is 40.9 Å². The van der Waals surface area contributed by atoms with Crippen LogP contribution in [0.3, 0.4) is 0 Å². The van der Waals surface area contributed by atoms with E-state index in [1.54, 1.807) is 7.11 Å². The van der Waals surface area contributed by atoms with Crippen LogP contribution in [0.1, 0.15) is 29.7 Å². The summed E-state index contributed by atoms with van der Waals surface area (Å²) in [6.07, 6.45) is 0. The molecule has 0 unspecified atom stereocenters. The van der Waals surface area contributed by atoms with Crippen LogP contribution >= 0.6 is 15.9 Å². The first-order chi connectivity index (χ1) is 10.0. The van der Waals surface area contributed by atoms with Crippen LogP contribution in [0.5, 0.6) is 11.5 Å². The first-order valence-electron chi connectivity index (χ1n) is 6.82. The van der Waals surface area contributed by atoms with Gasteiger partial charge in [0.1, 0.15) is 18.1 Å². The van der Waals surface area contributed by atoms with Crippen molar-refractivity contribution >= 4 is 15.9 Å². The Morgan fingerprint density at radius 1 is 1.14 bits per heavy atom. The van der Waals surface area contributed by atoms with Crippen LogP contribution in [0.4, 0.5) is 0 Å². The Balaban J connectivity index is 2.24. The van der Waals surface area contributed by atoms with Gasteiger partial charge in [-0.15, -0.1) is 0 Å². The number of hydrogen-bond acceptors (Lipinski definition) is 3. The van der Waals surface area contributed by atoms with Gasteiger partial charge in [0.2, 0.25) is 0 Å². The first-order valence-corrected chi connectivity index (χ1v) is 7.62. The molecule has 0 saturated heterocycles. The lowest BCUT2D eigenvalue weighted by molar-refractivity contribution is 0.292. The van der Waals surface area contributed by atoms with E-state index in [0.717, 1.165) is 27.1 Å². The van der Waals surface area contributed by atoms with Crippen LogP contribution in [-0.2, 0) is 6.61 Å². The molecule has 0 aromatic heterocycles. The molecule has 0 aliphatic rings. The Kier molecular flexibility index (Phi) is 5.26. The van der Waals surface area contributed by atoms with Crippen LogP contribution < -0.4 is 15.2 Å². The van der Waals surface area contributed by atoms with Gasteiger partial charge in [-0.05, 0) is 38.1 Å². The van der Waals surface area contributed by atoms with E-state index in [9.17, 15) is 0 Å². The molecule has 4 heteroatoms. The number of aryl methyl sites for hydroxylation is 1. The molecule has 2 aromatic rings. The van der Waals surface area contributed by atoms with Gasteiger partial charge in [-0.3, -0.25) is 0 Å². The van der Waals surface area contributed by atoms with Crippen LogP contribution in [0.25, 0.3) is 0 Å². The van der Waals surface area contributed by atoms with Gasteiger partial charge in [-0.25, -0.2) is 0 Å². The van der Waals surface area contributed by atoms with Crippen molar-refractivity contribution in [3.63, 3.8) is 0 Å². The van der Waals surface area contributed by atoms with Gasteiger partial charge in [0.25, 0.3) is 0 Å². The normalized spacial score (nSPS) is 12.0. The Labute approximate surface area is 134 Å². The number of benzene rings is 2. The Bertz CT molecular complexity index is 626. The number of nitrogens with two attached hydrogens (primary N) is 1. The van der Waals surface area contributed by atoms with Gasteiger partial charge in [-0.1, -0.05) is 33.6 Å². The van der Waals surface area contributed by atoms with Crippen molar-refractivity contribution in [2.75, 3.05) is 7.11 Å². The molecule has 2 N–H and O–H groups in total. The summed E-state index contributed by atoms with van der Waals surface area (Å²) in [7, 11) is 1.67. The summed E-state index contributed by atoms with van der Waals surface area (Å²) in [5, 5.41) is 0. The second kappa shape index (κ2) is 6.96. The minimum atomic E-state index is -0.0764. The number of rotatable bonds is 5. The van der Waals surface area contributed by atoms with Gasteiger partial charge in [0.15, 0.2) is 0 Å². The van der Waals surface area contributed by atoms with E-state index in [1.165, 1.54) is 5.56 Å². The van der Waals surface area contributed by atoms with E-state index in [1.807, 2.05) is 37.3 Å². The molecular formula is C17H20BrNO2. The zero-order valence-corrected chi connectivity index (χ0v) is 14.1. The molecular weight excluding hydrogens is 330 g/mol. The first kappa shape index (κ1) is 15.9. The van der Waals surface area contributed by atoms with E-state index in [4.69, 9.17) is 15.2 Å². The van der Waals surface area contributed by atoms with Crippen molar-refractivity contribution in [2.45, 2.75) is 26.5 Å². The highest BCUT2D eigenvalue weighted by Gasteiger charge is 2.10. The molecule has 21 heavy (non-hydrogen) atoms. The lowest BCUT2D eigenvalue weighted by atomic mass is 10.1. The fourth-order valence-electron chi connectivity index (χ4n) is 2.19. The van der Waals surface area contributed by atoms with Crippen LogP contribution in [0, 0.1) is 6.92 Å². The van der Waals surface area contributed by atoms with Gasteiger partial charge < -0.3 is 15.2 Å². The summed E-state index contributed by atoms with van der Waals surface area (Å²) in [5.74, 6) is 1.63. The van der Waals surface area contributed by atoms with Crippen molar-refractivity contribution in [1.29, 1.82) is 0 Å². The summed E-state index contributed by atoms with van der Waals surface area (Å²) in [6, 6.07) is 11.9. The monoisotopic (exact) mass is 349 g/mol. The van der Waals surface area contributed by atoms with Gasteiger partial charge in [-0.2, -0.15) is 0 Å². The van der Waals surface area contributed by atoms with Gasteiger partial charge in [0.05, 0.1) is 7.11 Å². The summed E-state index contributed by atoms with van der Waals surface area (Å²) in [6.45, 7) is 4.44. The van der Waals surface area contributed by atoms with Crippen LogP contribution in [-0.4, -0.2) is 7.11 Å². The topological polar surface area (TPSA) is 44.5 Å². The summed E-state index contributed by atoms with van der Waals surface area (Å²) < 4.78 is 12.3. The Morgan fingerprint density at radius 2 is 1.90 bits per heavy atom. The van der Waals surface area contributed by atoms with Crippen molar-refractivity contribution in [2.24, 2.45) is 5.73 Å². The maximum atomic E-state index is 5.99. The molecule has 2 rings (SSSR count). The largest absolute Gasteiger partial charge is 0.496 e. The summed E-state index contributed by atoms with van der Waals surface area (Å²) in [4.78, 5) is 0. The van der Waals surface area contributed by atoms with E-state index >= 15 is 0 Å². The minimum Gasteiger partial charge on any atom is -0.496 e. The van der Waals surface area contributed by atoms with E-state index in [-0.39, 0.29) is 6.04 Å². The molecule has 2 aromatic carbocycles. The predicted molar refractivity (Wildman–Crippen MR) is 88.8 cm³/mol. The highest BCUT2D eigenvalue weighted by molar-refractivity contribution is 9.10. The SMILES string of the molecule is COc1ccc(C)cc1COc1cc(Br)ccc1[C@@H](C)N. The van der Waals surface area contributed by atoms with E-state index < -0.39 is 0 Å². The van der Waals surface area contributed by atoms with Crippen molar-refractivity contribution in [1.82, 2.24) is 0 Å². The molecule has 0 aliphatic heterocycles. The zero-order valence-electron chi connectivity index (χ0n) is 12.5. The smallest absolute Gasteiger partial charge is 0.125 e. The lowest BCUT2D eigenvalue weighted by Crippen LogP contribution is -2.08. The standard InChI is InChI=1S/C17H20BrNO2/c1-11-4-7-16(20-3)13(8-11)10-21-17-9-14(18)5-6-15(17)12(2)19/h4-9,12H,10,19H2,1-3H3/t12-/m1/s1. The molecule has 3 nitrogen and oxygen atoms in total. The quantitative estimate of drug-likeness (QED) is 0.871. The second-order valence-electron chi connectivity index (χ2n) is 5.07. The van der Waals surface area contributed by atoms with Crippen LogP contribution in [0.2, 0.25) is 0 Å². The van der Waals surface area contributed by atoms with Gasteiger partial charge >= 0.3 is 0 Å². The molecule has 0 spiro atoms. The summed E-state index contributed by atoms with van der Waals surface area (Å²) in [5.41, 5.74) is 9.18. The number of methoxy groups -OCH3 is 1. The number of halogens is 1. The average Bonchev–Trinajstić information content (AvgIpc) is 2.45. The third-order valence-electron chi connectivity index (χ3n) is 3.29. The molecule has 0 saturated carbocycles. The molecule has 0 amide bonds. The Morgan fingerprint density at radius 3 is 2.57 bits per heavy atom. The number of ether oxygens (including phenoxy) is 2. The third-order valence-corrected chi connectivity index (χ3v) is 3.78. The fraction of sp³-hybridized carbons (Fsp3) is 0.294. The number of hydrogen-bond donors (Lipinski definition) is 1. The van der Waals surface area contributed by atoms with Crippen molar-refractivity contribution < 1.29 is 9.47 Å². The molecule has 0 aliphatic carbocycles. The minimum absolute atomic E-state index is 0.0764.